The lowest BCUT2D eigenvalue weighted by Crippen LogP contribution is -2.16. The molecule has 0 aliphatic rings. The van der Waals surface area contributed by atoms with Gasteiger partial charge < -0.3 is 15.5 Å². The van der Waals surface area contributed by atoms with Crippen molar-refractivity contribution in [2.75, 3.05) is 24.2 Å². The molecule has 0 bridgehead atoms. The maximum atomic E-state index is 12.2. The van der Waals surface area contributed by atoms with Gasteiger partial charge in [0, 0.05) is 18.8 Å². The van der Waals surface area contributed by atoms with Gasteiger partial charge in [-0.05, 0) is 49.0 Å². The monoisotopic (exact) mass is 375 g/mol. The van der Waals surface area contributed by atoms with Crippen LogP contribution in [0.3, 0.4) is 0 Å². The summed E-state index contributed by atoms with van der Waals surface area (Å²) in [6.07, 6.45) is 0. The smallest absolute Gasteiger partial charge is 0.276 e. The van der Waals surface area contributed by atoms with Crippen LogP contribution in [0.15, 0.2) is 66.7 Å². The molecule has 0 spiro atoms. The third-order valence-corrected chi connectivity index (χ3v) is 4.39. The number of hydrogen-bond acceptors (Lipinski definition) is 5. The van der Waals surface area contributed by atoms with Crippen molar-refractivity contribution < 1.29 is 4.79 Å². The van der Waals surface area contributed by atoms with Crippen molar-refractivity contribution >= 4 is 17.4 Å². The summed E-state index contributed by atoms with van der Waals surface area (Å²) in [5.74, 6) is 0.352. The van der Waals surface area contributed by atoms with Crippen molar-refractivity contribution in [3.8, 4) is 0 Å². The van der Waals surface area contributed by atoms with Crippen molar-refractivity contribution in [1.29, 1.82) is 0 Å². The number of rotatable bonds is 8. The summed E-state index contributed by atoms with van der Waals surface area (Å²) >= 11 is 0. The number of anilines is 2. The minimum Gasteiger partial charge on any atom is -0.365 e. The molecule has 0 saturated carbocycles. The topological polar surface area (TPSA) is 70.2 Å². The van der Waals surface area contributed by atoms with Crippen molar-refractivity contribution in [1.82, 2.24) is 15.1 Å². The molecule has 0 aliphatic carbocycles. The molecule has 3 rings (SSSR count). The van der Waals surface area contributed by atoms with Crippen molar-refractivity contribution in [3.63, 3.8) is 0 Å². The van der Waals surface area contributed by atoms with E-state index in [-0.39, 0.29) is 11.6 Å². The van der Waals surface area contributed by atoms with Crippen LogP contribution in [0, 0.1) is 0 Å². The number of hydrogen-bond donors (Lipinski definition) is 2. The lowest BCUT2D eigenvalue weighted by molar-refractivity contribution is 0.102. The Balaban J connectivity index is 1.56. The Morgan fingerprint density at radius 1 is 0.964 bits per heavy atom. The number of para-hydroxylation sites is 1. The van der Waals surface area contributed by atoms with E-state index in [0.29, 0.717) is 12.4 Å². The van der Waals surface area contributed by atoms with E-state index < -0.39 is 0 Å². The lowest BCUT2D eigenvalue weighted by Gasteiger charge is -2.14. The summed E-state index contributed by atoms with van der Waals surface area (Å²) < 4.78 is 0. The number of nitrogens with one attached hydrogen (secondary N) is 2. The molecule has 1 aromatic heterocycles. The van der Waals surface area contributed by atoms with E-state index in [1.165, 1.54) is 11.1 Å². The molecule has 0 radical (unpaired) electrons. The molecule has 0 aliphatic heterocycles. The van der Waals surface area contributed by atoms with Crippen LogP contribution in [-0.2, 0) is 13.1 Å². The van der Waals surface area contributed by atoms with Crippen molar-refractivity contribution in [2.24, 2.45) is 0 Å². The summed E-state index contributed by atoms with van der Waals surface area (Å²) in [4.78, 5) is 14.5. The SMILES string of the molecule is CCN(C)Cc1cccc(CNc2ccc(C(=O)Nc3ccccc3)nn2)c1. The number of carbonyl (C=O) groups is 1. The Kier molecular flexibility index (Phi) is 6.70. The summed E-state index contributed by atoms with van der Waals surface area (Å²) in [6, 6.07) is 21.2. The minimum atomic E-state index is -0.280. The second-order valence-electron chi connectivity index (χ2n) is 6.63. The number of aromatic nitrogens is 2. The van der Waals surface area contributed by atoms with Crippen LogP contribution in [0.2, 0.25) is 0 Å². The van der Waals surface area contributed by atoms with Crippen LogP contribution in [0.25, 0.3) is 0 Å². The van der Waals surface area contributed by atoms with Crippen LogP contribution in [0.4, 0.5) is 11.5 Å². The predicted molar refractivity (Wildman–Crippen MR) is 112 cm³/mol. The molecular weight excluding hydrogens is 350 g/mol. The maximum Gasteiger partial charge on any atom is 0.276 e. The highest BCUT2D eigenvalue weighted by atomic mass is 16.1. The van der Waals surface area contributed by atoms with Gasteiger partial charge in [-0.15, -0.1) is 10.2 Å². The Labute approximate surface area is 165 Å². The summed E-state index contributed by atoms with van der Waals surface area (Å²) in [5, 5.41) is 14.2. The Hall–Kier alpha value is -3.25. The zero-order chi connectivity index (χ0) is 19.8. The molecule has 6 nitrogen and oxygen atoms in total. The molecule has 0 atom stereocenters. The van der Waals surface area contributed by atoms with Crippen LogP contribution in [0.1, 0.15) is 28.5 Å². The molecule has 6 heteroatoms. The Bertz CT molecular complexity index is 896. The number of carbonyl (C=O) groups excluding carboxylic acids is 1. The summed E-state index contributed by atoms with van der Waals surface area (Å²) in [5.41, 5.74) is 3.46. The molecule has 0 unspecified atom stereocenters. The second kappa shape index (κ2) is 9.62. The first-order chi connectivity index (χ1) is 13.6. The maximum absolute atomic E-state index is 12.2. The van der Waals surface area contributed by atoms with E-state index in [1.54, 1.807) is 12.1 Å². The Morgan fingerprint density at radius 3 is 2.46 bits per heavy atom. The molecule has 1 amide bonds. The molecule has 0 saturated heterocycles. The average molecular weight is 375 g/mol. The van der Waals surface area contributed by atoms with Crippen molar-refractivity contribution in [2.45, 2.75) is 20.0 Å². The quantitative estimate of drug-likeness (QED) is 0.627. The number of amides is 1. The number of nitrogens with zero attached hydrogens (tertiary/aromatic N) is 3. The molecule has 3 aromatic rings. The fourth-order valence-electron chi connectivity index (χ4n) is 2.72. The third kappa shape index (κ3) is 5.62. The molecule has 1 heterocycles. The molecule has 2 N–H and O–H groups in total. The third-order valence-electron chi connectivity index (χ3n) is 4.39. The highest BCUT2D eigenvalue weighted by molar-refractivity contribution is 6.02. The van der Waals surface area contributed by atoms with Crippen LogP contribution in [0.5, 0.6) is 0 Å². The van der Waals surface area contributed by atoms with Gasteiger partial charge in [-0.2, -0.15) is 0 Å². The molecule has 144 valence electrons. The fraction of sp³-hybridized carbons (Fsp3) is 0.227. The van der Waals surface area contributed by atoms with Crippen LogP contribution < -0.4 is 10.6 Å². The average Bonchev–Trinajstić information content (AvgIpc) is 2.73. The summed E-state index contributed by atoms with van der Waals surface area (Å²) in [7, 11) is 2.11. The van der Waals surface area contributed by atoms with Gasteiger partial charge in [-0.1, -0.05) is 49.4 Å². The zero-order valence-electron chi connectivity index (χ0n) is 16.2. The van der Waals surface area contributed by atoms with Gasteiger partial charge in [0.2, 0.25) is 0 Å². The van der Waals surface area contributed by atoms with E-state index in [0.717, 1.165) is 18.8 Å². The van der Waals surface area contributed by atoms with Gasteiger partial charge >= 0.3 is 0 Å². The number of benzene rings is 2. The highest BCUT2D eigenvalue weighted by Crippen LogP contribution is 2.11. The first-order valence-electron chi connectivity index (χ1n) is 9.34. The lowest BCUT2D eigenvalue weighted by atomic mass is 10.1. The van der Waals surface area contributed by atoms with Gasteiger partial charge in [0.05, 0.1) is 0 Å². The Morgan fingerprint density at radius 2 is 1.75 bits per heavy atom. The molecular formula is C22H25N5O. The summed E-state index contributed by atoms with van der Waals surface area (Å²) in [6.45, 7) is 4.74. The van der Waals surface area contributed by atoms with Gasteiger partial charge in [-0.25, -0.2) is 0 Å². The van der Waals surface area contributed by atoms with E-state index in [1.807, 2.05) is 30.3 Å². The predicted octanol–water partition coefficient (Wildman–Crippen LogP) is 3.79. The van der Waals surface area contributed by atoms with Crippen LogP contribution >= 0.6 is 0 Å². The van der Waals surface area contributed by atoms with Gasteiger partial charge in [0.25, 0.3) is 5.91 Å². The fourth-order valence-corrected chi connectivity index (χ4v) is 2.72. The van der Waals surface area contributed by atoms with E-state index in [2.05, 4.69) is 64.0 Å². The van der Waals surface area contributed by atoms with Gasteiger partial charge in [-0.3, -0.25) is 4.79 Å². The van der Waals surface area contributed by atoms with E-state index >= 15 is 0 Å². The molecule has 28 heavy (non-hydrogen) atoms. The first-order valence-corrected chi connectivity index (χ1v) is 9.34. The standard InChI is InChI=1S/C22H25N5O/c1-3-27(2)16-18-9-7-8-17(14-18)15-23-21-13-12-20(25-26-21)22(28)24-19-10-5-4-6-11-19/h4-14H,3,15-16H2,1-2H3,(H,23,26)(H,24,28). The molecule has 2 aromatic carbocycles. The normalized spacial score (nSPS) is 10.7. The highest BCUT2D eigenvalue weighted by Gasteiger charge is 2.08. The molecule has 0 fully saturated rings. The largest absolute Gasteiger partial charge is 0.365 e. The van der Waals surface area contributed by atoms with Crippen LogP contribution in [-0.4, -0.2) is 34.6 Å². The van der Waals surface area contributed by atoms with E-state index in [9.17, 15) is 4.79 Å². The zero-order valence-corrected chi connectivity index (χ0v) is 16.2. The second-order valence-corrected chi connectivity index (χ2v) is 6.63. The van der Waals surface area contributed by atoms with Crippen molar-refractivity contribution in [3.05, 3.63) is 83.6 Å². The van der Waals surface area contributed by atoms with Gasteiger partial charge in [0.1, 0.15) is 5.82 Å². The van der Waals surface area contributed by atoms with E-state index in [4.69, 9.17) is 0 Å². The van der Waals surface area contributed by atoms with Gasteiger partial charge in [0.15, 0.2) is 5.69 Å². The first kappa shape index (κ1) is 19.5. The minimum absolute atomic E-state index is 0.277.